The van der Waals surface area contributed by atoms with Crippen molar-refractivity contribution in [1.82, 2.24) is 5.32 Å². The Hall–Kier alpha value is -0.123. The van der Waals surface area contributed by atoms with E-state index in [0.29, 0.717) is 5.67 Å². The molecule has 0 amide bonds. The third-order valence-corrected chi connectivity index (χ3v) is 6.16. The molecule has 84 valence electrons. The van der Waals surface area contributed by atoms with Crippen LogP contribution in [0.5, 0.6) is 0 Å². The molecule has 1 nitrogen and oxygen atoms in total. The lowest BCUT2D eigenvalue weighted by atomic mass is 10.2. The highest BCUT2D eigenvalue weighted by Gasteiger charge is 2.21. The predicted octanol–water partition coefficient (Wildman–Crippen LogP) is 3.80. The van der Waals surface area contributed by atoms with Crippen LogP contribution in [0.4, 0.5) is 0 Å². The Kier molecular flexibility index (Phi) is 4.56. The van der Waals surface area contributed by atoms with Gasteiger partial charge in [-0.05, 0) is 23.4 Å². The van der Waals surface area contributed by atoms with Gasteiger partial charge < -0.3 is 5.32 Å². The number of benzene rings is 1. The zero-order valence-corrected chi connectivity index (χ0v) is 12.6. The Morgan fingerprint density at radius 3 is 2.20 bits per heavy atom. The highest BCUT2D eigenvalue weighted by Crippen LogP contribution is 2.12. The number of rotatable bonds is 4. The van der Waals surface area contributed by atoms with Gasteiger partial charge in [-0.25, -0.2) is 0 Å². The molecule has 1 aromatic carbocycles. The zero-order chi connectivity index (χ0) is 11.5. The molecule has 0 saturated carbocycles. The average molecular weight is 286 g/mol. The highest BCUT2D eigenvalue weighted by molar-refractivity contribution is 9.10. The number of nitrogens with one attached hydrogen (secondary N) is 1. The van der Waals surface area contributed by atoms with Crippen molar-refractivity contribution in [2.75, 3.05) is 0 Å². The minimum atomic E-state index is -1.05. The lowest BCUT2D eigenvalue weighted by molar-refractivity contribution is 0.659. The molecule has 0 aliphatic carbocycles. The average Bonchev–Trinajstić information content (AvgIpc) is 2.15. The number of hydrogen-bond acceptors (Lipinski definition) is 1. The van der Waals surface area contributed by atoms with Gasteiger partial charge >= 0.3 is 0 Å². The molecule has 1 atom stereocenters. The summed E-state index contributed by atoms with van der Waals surface area (Å²) in [6.07, 6.45) is 0. The number of hydrogen-bond donors (Lipinski definition) is 1. The van der Waals surface area contributed by atoms with E-state index in [1.54, 1.807) is 0 Å². The van der Waals surface area contributed by atoms with E-state index in [9.17, 15) is 0 Å². The Morgan fingerprint density at radius 1 is 1.20 bits per heavy atom. The molecule has 0 aromatic heterocycles. The Bertz CT molecular complexity index is 302. The van der Waals surface area contributed by atoms with Gasteiger partial charge in [0.1, 0.15) is 0 Å². The summed E-state index contributed by atoms with van der Waals surface area (Å²) in [6.45, 7) is 10.5. The first-order chi connectivity index (χ1) is 6.89. The van der Waals surface area contributed by atoms with E-state index in [1.165, 1.54) is 5.56 Å². The van der Waals surface area contributed by atoms with Crippen LogP contribution in [-0.2, 0) is 6.54 Å². The van der Waals surface area contributed by atoms with Crippen molar-refractivity contribution in [2.45, 2.75) is 38.8 Å². The van der Waals surface area contributed by atoms with Gasteiger partial charge in [-0.1, -0.05) is 54.6 Å². The quantitative estimate of drug-likeness (QED) is 0.830. The fraction of sp³-hybridized carbons (Fsp3) is 0.500. The molecule has 0 heterocycles. The van der Waals surface area contributed by atoms with E-state index < -0.39 is 8.07 Å². The molecule has 1 N–H and O–H groups in total. The summed E-state index contributed by atoms with van der Waals surface area (Å²) in [5.74, 6) is 0. The van der Waals surface area contributed by atoms with Crippen LogP contribution in [-0.4, -0.2) is 13.7 Å². The van der Waals surface area contributed by atoms with Crippen LogP contribution in [0.1, 0.15) is 12.5 Å². The third kappa shape index (κ3) is 4.49. The summed E-state index contributed by atoms with van der Waals surface area (Å²) >= 11 is 3.44. The maximum Gasteiger partial charge on any atom is 0.0631 e. The molecule has 0 aliphatic heterocycles. The summed E-state index contributed by atoms with van der Waals surface area (Å²) in [4.78, 5) is 0. The minimum absolute atomic E-state index is 0.654. The molecular formula is C12H20BrNSi. The second-order valence-electron chi connectivity index (χ2n) is 5.10. The SMILES string of the molecule is CC(NCc1ccc(Br)cc1)[Si](C)(C)C. The van der Waals surface area contributed by atoms with Crippen molar-refractivity contribution in [3.63, 3.8) is 0 Å². The van der Waals surface area contributed by atoms with Gasteiger partial charge in [0.15, 0.2) is 0 Å². The largest absolute Gasteiger partial charge is 0.313 e. The Morgan fingerprint density at radius 2 is 1.73 bits per heavy atom. The molecule has 0 aliphatic rings. The summed E-state index contributed by atoms with van der Waals surface area (Å²) in [7, 11) is -1.05. The summed E-state index contributed by atoms with van der Waals surface area (Å²) in [5.41, 5.74) is 2.00. The van der Waals surface area contributed by atoms with Crippen molar-refractivity contribution in [1.29, 1.82) is 0 Å². The maximum atomic E-state index is 3.60. The standard InChI is InChI=1S/C12H20BrNSi/c1-10(15(2,3)4)14-9-11-5-7-12(13)8-6-11/h5-8,10,14H,9H2,1-4H3. The maximum absolute atomic E-state index is 3.60. The van der Waals surface area contributed by atoms with Crippen LogP contribution in [0.15, 0.2) is 28.7 Å². The van der Waals surface area contributed by atoms with E-state index in [-0.39, 0.29) is 0 Å². The molecule has 0 bridgehead atoms. The molecule has 0 fully saturated rings. The molecule has 0 radical (unpaired) electrons. The van der Waals surface area contributed by atoms with Crippen LogP contribution < -0.4 is 5.32 Å². The highest BCUT2D eigenvalue weighted by atomic mass is 79.9. The van der Waals surface area contributed by atoms with Gasteiger partial charge in [0.05, 0.1) is 8.07 Å². The second kappa shape index (κ2) is 5.28. The first kappa shape index (κ1) is 12.9. The van der Waals surface area contributed by atoms with E-state index in [1.807, 2.05) is 0 Å². The third-order valence-electron chi connectivity index (χ3n) is 2.82. The monoisotopic (exact) mass is 285 g/mol. The molecule has 3 heteroatoms. The lowest BCUT2D eigenvalue weighted by Gasteiger charge is -2.26. The summed E-state index contributed by atoms with van der Waals surface area (Å²) < 4.78 is 1.14. The molecule has 1 unspecified atom stereocenters. The van der Waals surface area contributed by atoms with Crippen molar-refractivity contribution >= 4 is 24.0 Å². The van der Waals surface area contributed by atoms with Crippen molar-refractivity contribution in [3.8, 4) is 0 Å². The van der Waals surface area contributed by atoms with Crippen molar-refractivity contribution in [2.24, 2.45) is 0 Å². The first-order valence-electron chi connectivity index (χ1n) is 5.37. The first-order valence-corrected chi connectivity index (χ1v) is 9.74. The van der Waals surface area contributed by atoms with E-state index in [0.717, 1.165) is 11.0 Å². The van der Waals surface area contributed by atoms with Crippen molar-refractivity contribution in [3.05, 3.63) is 34.3 Å². The number of halogens is 1. The fourth-order valence-electron chi connectivity index (χ4n) is 1.18. The molecule has 0 spiro atoms. The second-order valence-corrected chi connectivity index (χ2v) is 11.6. The molecule has 1 aromatic rings. The van der Waals surface area contributed by atoms with Crippen molar-refractivity contribution < 1.29 is 0 Å². The van der Waals surface area contributed by atoms with Gasteiger partial charge in [0.25, 0.3) is 0 Å². The van der Waals surface area contributed by atoms with Gasteiger partial charge in [0.2, 0.25) is 0 Å². The van der Waals surface area contributed by atoms with Crippen LogP contribution in [0, 0.1) is 0 Å². The van der Waals surface area contributed by atoms with Gasteiger partial charge in [0, 0.05) is 11.0 Å². The molecular weight excluding hydrogens is 266 g/mol. The summed E-state index contributed by atoms with van der Waals surface area (Å²) in [6, 6.07) is 8.51. The topological polar surface area (TPSA) is 12.0 Å². The van der Waals surface area contributed by atoms with Crippen LogP contribution in [0.25, 0.3) is 0 Å². The smallest absolute Gasteiger partial charge is 0.0631 e. The van der Waals surface area contributed by atoms with Crippen LogP contribution in [0.2, 0.25) is 19.6 Å². The van der Waals surface area contributed by atoms with E-state index in [2.05, 4.69) is 72.1 Å². The zero-order valence-electron chi connectivity index (χ0n) is 9.97. The Balaban J connectivity index is 2.47. The van der Waals surface area contributed by atoms with Gasteiger partial charge in [-0.3, -0.25) is 0 Å². The van der Waals surface area contributed by atoms with Gasteiger partial charge in [-0.15, -0.1) is 0 Å². The van der Waals surface area contributed by atoms with E-state index >= 15 is 0 Å². The van der Waals surface area contributed by atoms with Crippen LogP contribution in [0.3, 0.4) is 0 Å². The normalized spacial score (nSPS) is 13.9. The molecule has 1 rings (SSSR count). The molecule has 15 heavy (non-hydrogen) atoms. The Labute approximate surface area is 102 Å². The lowest BCUT2D eigenvalue weighted by Crippen LogP contribution is -2.46. The predicted molar refractivity (Wildman–Crippen MR) is 73.8 cm³/mol. The van der Waals surface area contributed by atoms with Gasteiger partial charge in [-0.2, -0.15) is 0 Å². The fourth-order valence-corrected chi connectivity index (χ4v) is 2.16. The summed E-state index contributed by atoms with van der Waals surface area (Å²) in [5, 5.41) is 3.60. The van der Waals surface area contributed by atoms with E-state index in [4.69, 9.17) is 0 Å². The minimum Gasteiger partial charge on any atom is -0.313 e. The molecule has 0 saturated heterocycles. The van der Waals surface area contributed by atoms with Crippen LogP contribution >= 0.6 is 15.9 Å².